The molecule has 0 fully saturated rings. The molecule has 3 aromatic carbocycles. The zero-order valence-electron chi connectivity index (χ0n) is 12.9. The molecule has 3 aromatic rings. The first-order chi connectivity index (χ1) is 11.3. The fourth-order valence-corrected chi connectivity index (χ4v) is 2.76. The van der Waals surface area contributed by atoms with E-state index in [-0.39, 0.29) is 0 Å². The minimum absolute atomic E-state index is 0.394. The summed E-state index contributed by atoms with van der Waals surface area (Å²) in [5.74, 6) is -0.394. The van der Waals surface area contributed by atoms with Crippen LogP contribution in [0.2, 0.25) is 0 Å². The predicted octanol–water partition coefficient (Wildman–Crippen LogP) is 3.70. The summed E-state index contributed by atoms with van der Waals surface area (Å²) in [6.45, 7) is 1.10. The molecule has 0 aliphatic heterocycles. The summed E-state index contributed by atoms with van der Waals surface area (Å²) in [5, 5.41) is 2.43. The summed E-state index contributed by atoms with van der Waals surface area (Å²) in [6, 6.07) is 21.9. The predicted molar refractivity (Wildman–Crippen MR) is 92.3 cm³/mol. The lowest BCUT2D eigenvalue weighted by Crippen LogP contribution is -2.14. The standard InChI is InChI=1S/C20H19NO2/c21-20(22)19-11-4-2-7-16(19)12-13-23-14-17-9-5-8-15-6-1-3-10-18(15)17/h1-11H,12-14H2,(H2,21,22). The average molecular weight is 305 g/mol. The molecule has 0 atom stereocenters. The highest BCUT2D eigenvalue weighted by Crippen LogP contribution is 2.19. The molecule has 3 rings (SSSR count). The first-order valence-corrected chi connectivity index (χ1v) is 7.68. The van der Waals surface area contributed by atoms with E-state index in [1.54, 1.807) is 6.07 Å². The number of ether oxygens (including phenoxy) is 1. The van der Waals surface area contributed by atoms with Gasteiger partial charge in [-0.3, -0.25) is 4.79 Å². The van der Waals surface area contributed by atoms with Crippen LogP contribution >= 0.6 is 0 Å². The molecule has 0 heterocycles. The first-order valence-electron chi connectivity index (χ1n) is 7.68. The van der Waals surface area contributed by atoms with Gasteiger partial charge in [0.25, 0.3) is 0 Å². The molecule has 0 unspecified atom stereocenters. The Bertz CT molecular complexity index is 821. The highest BCUT2D eigenvalue weighted by molar-refractivity contribution is 5.94. The maximum absolute atomic E-state index is 11.4. The molecule has 116 valence electrons. The van der Waals surface area contributed by atoms with Crippen LogP contribution in [0.1, 0.15) is 21.5 Å². The Morgan fingerprint density at radius 2 is 1.57 bits per heavy atom. The largest absolute Gasteiger partial charge is 0.376 e. The van der Waals surface area contributed by atoms with Crippen molar-refractivity contribution in [1.82, 2.24) is 0 Å². The van der Waals surface area contributed by atoms with Gasteiger partial charge in [-0.05, 0) is 34.4 Å². The lowest BCUT2D eigenvalue weighted by atomic mass is 10.0. The second-order valence-corrected chi connectivity index (χ2v) is 5.46. The van der Waals surface area contributed by atoms with Crippen LogP contribution in [0.4, 0.5) is 0 Å². The smallest absolute Gasteiger partial charge is 0.248 e. The van der Waals surface area contributed by atoms with Gasteiger partial charge < -0.3 is 10.5 Å². The number of carbonyl (C=O) groups excluding carboxylic acids is 1. The van der Waals surface area contributed by atoms with Gasteiger partial charge in [-0.25, -0.2) is 0 Å². The van der Waals surface area contributed by atoms with E-state index in [4.69, 9.17) is 10.5 Å². The summed E-state index contributed by atoms with van der Waals surface area (Å²) in [7, 11) is 0. The monoisotopic (exact) mass is 305 g/mol. The van der Waals surface area contributed by atoms with Crippen LogP contribution in [0.5, 0.6) is 0 Å². The zero-order valence-corrected chi connectivity index (χ0v) is 12.9. The van der Waals surface area contributed by atoms with Crippen LogP contribution in [0.25, 0.3) is 10.8 Å². The third-order valence-corrected chi connectivity index (χ3v) is 3.94. The lowest BCUT2D eigenvalue weighted by Gasteiger charge is -2.09. The molecule has 0 saturated heterocycles. The SMILES string of the molecule is NC(=O)c1ccccc1CCOCc1cccc2ccccc12. The highest BCUT2D eigenvalue weighted by atomic mass is 16.5. The normalized spacial score (nSPS) is 10.8. The van der Waals surface area contributed by atoms with E-state index in [2.05, 4.69) is 24.3 Å². The molecule has 0 aliphatic rings. The fourth-order valence-electron chi connectivity index (χ4n) is 2.76. The van der Waals surface area contributed by atoms with Gasteiger partial charge in [0.2, 0.25) is 5.91 Å². The van der Waals surface area contributed by atoms with E-state index in [0.717, 1.165) is 5.56 Å². The molecule has 0 aromatic heterocycles. The van der Waals surface area contributed by atoms with E-state index in [1.807, 2.05) is 36.4 Å². The Kier molecular flexibility index (Phi) is 4.69. The van der Waals surface area contributed by atoms with E-state index in [0.29, 0.717) is 25.2 Å². The second kappa shape index (κ2) is 7.07. The van der Waals surface area contributed by atoms with Crippen molar-refractivity contribution in [3.63, 3.8) is 0 Å². The number of amides is 1. The Hall–Kier alpha value is -2.65. The van der Waals surface area contributed by atoms with Gasteiger partial charge in [0.05, 0.1) is 13.2 Å². The lowest BCUT2D eigenvalue weighted by molar-refractivity contribution is 0.0997. The maximum Gasteiger partial charge on any atom is 0.248 e. The van der Waals surface area contributed by atoms with E-state index < -0.39 is 5.91 Å². The van der Waals surface area contributed by atoms with E-state index in [9.17, 15) is 4.79 Å². The average Bonchev–Trinajstić information content (AvgIpc) is 2.59. The molecule has 0 radical (unpaired) electrons. The summed E-state index contributed by atoms with van der Waals surface area (Å²) >= 11 is 0. The van der Waals surface area contributed by atoms with Crippen molar-refractivity contribution in [3.8, 4) is 0 Å². The molecule has 3 heteroatoms. The Balaban J connectivity index is 1.63. The van der Waals surface area contributed by atoms with Crippen molar-refractivity contribution < 1.29 is 9.53 Å². The summed E-state index contributed by atoms with van der Waals surface area (Å²) < 4.78 is 5.81. The maximum atomic E-state index is 11.4. The molecular formula is C20H19NO2. The van der Waals surface area contributed by atoms with Gasteiger partial charge in [-0.1, -0.05) is 60.7 Å². The molecular weight excluding hydrogens is 286 g/mol. The summed E-state index contributed by atoms with van der Waals surface area (Å²) in [5.41, 5.74) is 8.06. The molecule has 0 bridgehead atoms. The van der Waals surface area contributed by atoms with Crippen LogP contribution < -0.4 is 5.73 Å². The van der Waals surface area contributed by atoms with Crippen molar-refractivity contribution in [2.45, 2.75) is 13.0 Å². The van der Waals surface area contributed by atoms with Crippen LogP contribution in [0, 0.1) is 0 Å². The van der Waals surface area contributed by atoms with E-state index in [1.165, 1.54) is 16.3 Å². The van der Waals surface area contributed by atoms with Crippen molar-refractivity contribution in [3.05, 3.63) is 83.4 Å². The van der Waals surface area contributed by atoms with Crippen molar-refractivity contribution in [2.24, 2.45) is 5.73 Å². The molecule has 1 amide bonds. The second-order valence-electron chi connectivity index (χ2n) is 5.46. The fraction of sp³-hybridized carbons (Fsp3) is 0.150. The van der Waals surface area contributed by atoms with Crippen molar-refractivity contribution >= 4 is 16.7 Å². The summed E-state index contributed by atoms with van der Waals surface area (Å²) in [4.78, 5) is 11.4. The highest BCUT2D eigenvalue weighted by Gasteiger charge is 2.07. The van der Waals surface area contributed by atoms with Gasteiger partial charge in [0.15, 0.2) is 0 Å². The molecule has 0 aliphatic carbocycles. The number of hydrogen-bond acceptors (Lipinski definition) is 2. The minimum Gasteiger partial charge on any atom is -0.376 e. The van der Waals surface area contributed by atoms with Crippen LogP contribution in [0.3, 0.4) is 0 Å². The number of fused-ring (bicyclic) bond motifs is 1. The van der Waals surface area contributed by atoms with Gasteiger partial charge in [0.1, 0.15) is 0 Å². The zero-order chi connectivity index (χ0) is 16.1. The summed E-state index contributed by atoms with van der Waals surface area (Å²) in [6.07, 6.45) is 0.671. The van der Waals surface area contributed by atoms with Gasteiger partial charge in [-0.15, -0.1) is 0 Å². The molecule has 0 spiro atoms. The van der Waals surface area contributed by atoms with Gasteiger partial charge in [-0.2, -0.15) is 0 Å². The number of primary amides is 1. The van der Waals surface area contributed by atoms with Gasteiger partial charge in [0, 0.05) is 5.56 Å². The number of rotatable bonds is 6. The Morgan fingerprint density at radius 1 is 0.870 bits per heavy atom. The molecule has 0 saturated carbocycles. The molecule has 23 heavy (non-hydrogen) atoms. The third kappa shape index (κ3) is 3.58. The topological polar surface area (TPSA) is 52.3 Å². The number of carbonyl (C=O) groups is 1. The number of nitrogens with two attached hydrogens (primary N) is 1. The minimum atomic E-state index is -0.394. The van der Waals surface area contributed by atoms with Crippen molar-refractivity contribution in [2.75, 3.05) is 6.61 Å². The Morgan fingerprint density at radius 3 is 2.43 bits per heavy atom. The quantitative estimate of drug-likeness (QED) is 0.706. The number of hydrogen-bond donors (Lipinski definition) is 1. The number of benzene rings is 3. The third-order valence-electron chi connectivity index (χ3n) is 3.94. The first kappa shape index (κ1) is 15.3. The van der Waals surface area contributed by atoms with Crippen LogP contribution in [0.15, 0.2) is 66.7 Å². The van der Waals surface area contributed by atoms with Gasteiger partial charge >= 0.3 is 0 Å². The molecule has 2 N–H and O–H groups in total. The van der Waals surface area contributed by atoms with E-state index >= 15 is 0 Å². The van der Waals surface area contributed by atoms with Crippen LogP contribution in [-0.4, -0.2) is 12.5 Å². The Labute approximate surface area is 135 Å². The van der Waals surface area contributed by atoms with Crippen LogP contribution in [-0.2, 0) is 17.8 Å². The van der Waals surface area contributed by atoms with Crippen molar-refractivity contribution in [1.29, 1.82) is 0 Å². The molecule has 3 nitrogen and oxygen atoms in total.